The van der Waals surface area contributed by atoms with E-state index in [0.717, 1.165) is 12.1 Å². The molecule has 0 radical (unpaired) electrons. The van der Waals surface area contributed by atoms with E-state index in [9.17, 15) is 14.0 Å². The van der Waals surface area contributed by atoms with E-state index in [1.54, 1.807) is 0 Å². The average molecular weight is 278 g/mol. The van der Waals surface area contributed by atoms with E-state index in [2.05, 4.69) is 4.98 Å². The molecule has 104 valence electrons. The number of hydrogen-bond donors (Lipinski definition) is 1. The third kappa shape index (κ3) is 2.68. The molecule has 0 saturated carbocycles. The maximum Gasteiger partial charge on any atom is 0.211 e. The molecule has 1 aromatic heterocycles. The molecule has 20 heavy (non-hydrogen) atoms. The molecule has 0 aliphatic rings. The smallest absolute Gasteiger partial charge is 0.211 e. The third-order valence-electron chi connectivity index (χ3n) is 3.07. The highest BCUT2D eigenvalue weighted by molar-refractivity contribution is 5.29. The van der Waals surface area contributed by atoms with Crippen LogP contribution in [-0.2, 0) is 0 Å². The van der Waals surface area contributed by atoms with Gasteiger partial charge in [0.1, 0.15) is 23.8 Å². The highest BCUT2D eigenvalue weighted by Gasteiger charge is 2.32. The van der Waals surface area contributed by atoms with Gasteiger partial charge in [0.2, 0.25) is 5.89 Å². The van der Waals surface area contributed by atoms with Gasteiger partial charge in [0.15, 0.2) is 0 Å². The summed E-state index contributed by atoms with van der Waals surface area (Å²) >= 11 is 0. The second-order valence-corrected chi connectivity index (χ2v) is 4.23. The highest BCUT2D eigenvalue weighted by atomic mass is 19.1. The number of nitriles is 1. The summed E-state index contributed by atoms with van der Waals surface area (Å²) in [6, 6.07) is 5.42. The number of aliphatic hydroxyl groups excluding tert-OH is 1. The van der Waals surface area contributed by atoms with Crippen LogP contribution in [-0.4, -0.2) is 16.7 Å². The van der Waals surface area contributed by atoms with Crippen molar-refractivity contribution in [1.82, 2.24) is 4.98 Å². The van der Waals surface area contributed by atoms with Crippen molar-refractivity contribution < 1.29 is 18.3 Å². The van der Waals surface area contributed by atoms with E-state index in [0.29, 0.717) is 0 Å². The minimum Gasteiger partial charge on any atom is -0.448 e. The molecule has 0 fully saturated rings. The van der Waals surface area contributed by atoms with Crippen molar-refractivity contribution in [2.24, 2.45) is 0 Å². The number of rotatable bonds is 5. The predicted molar refractivity (Wildman–Crippen MR) is 65.7 cm³/mol. The zero-order valence-corrected chi connectivity index (χ0v) is 10.5. The zero-order chi connectivity index (χ0) is 14.5. The minimum absolute atomic E-state index is 0.0263. The van der Waals surface area contributed by atoms with Gasteiger partial charge in [-0.15, -0.1) is 0 Å². The molecule has 2 rings (SSSR count). The van der Waals surface area contributed by atoms with Crippen LogP contribution in [0.3, 0.4) is 0 Å². The van der Waals surface area contributed by atoms with E-state index < -0.39 is 23.5 Å². The Kier molecular flexibility index (Phi) is 4.43. The van der Waals surface area contributed by atoms with Crippen molar-refractivity contribution in [2.75, 3.05) is 6.61 Å². The Labute approximate surface area is 114 Å². The first-order valence-corrected chi connectivity index (χ1v) is 6.02. The summed E-state index contributed by atoms with van der Waals surface area (Å²) in [4.78, 5) is 3.86. The molecule has 2 atom stereocenters. The van der Waals surface area contributed by atoms with Crippen molar-refractivity contribution in [3.63, 3.8) is 0 Å². The van der Waals surface area contributed by atoms with E-state index in [1.165, 1.54) is 18.5 Å². The fraction of sp³-hybridized carbons (Fsp3) is 0.286. The minimum atomic E-state index is -0.969. The summed E-state index contributed by atoms with van der Waals surface area (Å²) in [5.74, 6) is -3.27. The van der Waals surface area contributed by atoms with E-state index in [4.69, 9.17) is 9.52 Å². The van der Waals surface area contributed by atoms with Crippen LogP contribution in [0.1, 0.15) is 29.7 Å². The lowest BCUT2D eigenvalue weighted by Gasteiger charge is -2.20. The highest BCUT2D eigenvalue weighted by Crippen LogP contribution is 2.37. The van der Waals surface area contributed by atoms with Crippen molar-refractivity contribution in [1.29, 1.82) is 5.26 Å². The molecular weight excluding hydrogens is 266 g/mol. The van der Waals surface area contributed by atoms with Gasteiger partial charge in [-0.25, -0.2) is 13.8 Å². The van der Waals surface area contributed by atoms with E-state index in [-0.39, 0.29) is 24.5 Å². The molecule has 0 amide bonds. The number of benzene rings is 1. The second kappa shape index (κ2) is 6.26. The molecule has 0 bridgehead atoms. The monoisotopic (exact) mass is 278 g/mol. The van der Waals surface area contributed by atoms with Crippen molar-refractivity contribution in [3.8, 4) is 6.07 Å². The number of aromatic nitrogens is 1. The van der Waals surface area contributed by atoms with Crippen LogP contribution in [0.25, 0.3) is 0 Å². The summed E-state index contributed by atoms with van der Waals surface area (Å²) in [7, 11) is 0. The Hall–Kier alpha value is -2.26. The normalized spacial score (nSPS) is 13.7. The van der Waals surface area contributed by atoms with Gasteiger partial charge in [-0.2, -0.15) is 5.26 Å². The van der Waals surface area contributed by atoms with Gasteiger partial charge >= 0.3 is 0 Å². The quantitative estimate of drug-likeness (QED) is 0.912. The Balaban J connectivity index is 2.48. The van der Waals surface area contributed by atoms with Crippen LogP contribution in [0.2, 0.25) is 0 Å². The molecule has 6 heteroatoms. The number of nitrogens with zero attached hydrogens (tertiary/aromatic N) is 2. The van der Waals surface area contributed by atoms with Crippen molar-refractivity contribution in [2.45, 2.75) is 18.3 Å². The molecule has 1 N–H and O–H groups in total. The topological polar surface area (TPSA) is 70.0 Å². The molecule has 0 saturated heterocycles. The lowest BCUT2D eigenvalue weighted by Crippen LogP contribution is -2.15. The lowest BCUT2D eigenvalue weighted by molar-refractivity contribution is 0.264. The van der Waals surface area contributed by atoms with Crippen LogP contribution in [0.5, 0.6) is 0 Å². The molecule has 0 spiro atoms. The molecule has 4 nitrogen and oxygen atoms in total. The molecule has 0 unspecified atom stereocenters. The Morgan fingerprint density at radius 2 is 2.05 bits per heavy atom. The van der Waals surface area contributed by atoms with Crippen molar-refractivity contribution in [3.05, 3.63) is 53.7 Å². The number of hydrogen-bond acceptors (Lipinski definition) is 4. The lowest BCUT2D eigenvalue weighted by atomic mass is 9.83. The van der Waals surface area contributed by atoms with Crippen LogP contribution in [0.4, 0.5) is 8.78 Å². The number of aliphatic hydroxyl groups is 1. The predicted octanol–water partition coefficient (Wildman–Crippen LogP) is 2.73. The summed E-state index contributed by atoms with van der Waals surface area (Å²) in [5, 5.41) is 18.4. The van der Waals surface area contributed by atoms with Crippen LogP contribution >= 0.6 is 0 Å². The van der Waals surface area contributed by atoms with Gasteiger partial charge in [0.05, 0.1) is 12.3 Å². The fourth-order valence-corrected chi connectivity index (χ4v) is 2.19. The Bertz CT molecular complexity index is 588. The van der Waals surface area contributed by atoms with Gasteiger partial charge in [-0.1, -0.05) is 6.07 Å². The van der Waals surface area contributed by atoms with Gasteiger partial charge in [-0.3, -0.25) is 0 Å². The van der Waals surface area contributed by atoms with Crippen LogP contribution < -0.4 is 0 Å². The van der Waals surface area contributed by atoms with Gasteiger partial charge in [0.25, 0.3) is 0 Å². The van der Waals surface area contributed by atoms with Gasteiger partial charge < -0.3 is 9.52 Å². The van der Waals surface area contributed by atoms with E-state index >= 15 is 0 Å². The Morgan fingerprint density at radius 3 is 2.55 bits per heavy atom. The molecule has 1 aromatic carbocycles. The average Bonchev–Trinajstić information content (AvgIpc) is 2.93. The molecule has 2 aromatic rings. The van der Waals surface area contributed by atoms with Gasteiger partial charge in [-0.05, 0) is 18.6 Å². The first-order valence-electron chi connectivity index (χ1n) is 6.02. The molecule has 1 heterocycles. The molecule has 0 aliphatic heterocycles. The first kappa shape index (κ1) is 14.2. The summed E-state index contributed by atoms with van der Waals surface area (Å²) < 4.78 is 32.8. The second-order valence-electron chi connectivity index (χ2n) is 4.23. The van der Waals surface area contributed by atoms with Crippen LogP contribution in [0, 0.1) is 23.0 Å². The van der Waals surface area contributed by atoms with Gasteiger partial charge in [0, 0.05) is 18.1 Å². The summed E-state index contributed by atoms with van der Waals surface area (Å²) in [6.07, 6.45) is 2.67. The third-order valence-corrected chi connectivity index (χ3v) is 3.07. The number of oxazole rings is 1. The Morgan fingerprint density at radius 1 is 1.35 bits per heavy atom. The largest absolute Gasteiger partial charge is 0.448 e. The van der Waals surface area contributed by atoms with Crippen molar-refractivity contribution >= 4 is 0 Å². The van der Waals surface area contributed by atoms with Crippen LogP contribution in [0.15, 0.2) is 35.1 Å². The SMILES string of the molecule is N#C[C@@H](c1ncco1)[C@H](CCO)c1c(F)cccc1F. The maximum atomic E-state index is 13.9. The standard InChI is InChI=1S/C14H12F2N2O2/c15-11-2-1-3-12(16)13(11)9(4-6-19)10(8-17)14-18-5-7-20-14/h1-3,5,7,9-10,19H,4,6H2/t9-,10+/m0/s1. The molecular formula is C14H12F2N2O2. The maximum absolute atomic E-state index is 13.9. The van der Waals surface area contributed by atoms with E-state index in [1.807, 2.05) is 6.07 Å². The molecule has 0 aliphatic carbocycles. The number of halogens is 2. The summed E-state index contributed by atoms with van der Waals surface area (Å²) in [5.41, 5.74) is -0.230. The zero-order valence-electron chi connectivity index (χ0n) is 10.5. The summed E-state index contributed by atoms with van der Waals surface area (Å²) in [6.45, 7) is -0.308. The fourth-order valence-electron chi connectivity index (χ4n) is 2.19. The first-order chi connectivity index (χ1) is 9.69.